The fourth-order valence-electron chi connectivity index (χ4n) is 8.21. The Kier molecular flexibility index (Phi) is 9.33. The summed E-state index contributed by atoms with van der Waals surface area (Å²) in [6.07, 6.45) is 9.35. The van der Waals surface area contributed by atoms with Gasteiger partial charge in [-0.3, -0.25) is 14.4 Å². The molecule has 3 aromatic rings. The molecule has 2 N–H and O–H groups in total. The lowest BCUT2D eigenvalue weighted by Crippen LogP contribution is -2.55. The zero-order valence-corrected chi connectivity index (χ0v) is 28.6. The molecule has 0 spiro atoms. The standard InChI is InChI=1S/C41H51N3O3/c1-39(2,3)31-20-18-29(19-21-31)33-16-10-11-17-34(33)36(45)42-28-40-22-25-41(26-23-40,27-24-40)38(47)43-35(30-12-6-5-7-13-30)37(46)44(4)32-14-8-9-15-32/h5-7,10-13,16-21,32,35H,8-9,14-15,22-28H2,1-4H3,(H,42,45)(H,43,47)/t35-,40?,41?/m0/s1. The minimum Gasteiger partial charge on any atom is -0.351 e. The molecule has 0 saturated heterocycles. The summed E-state index contributed by atoms with van der Waals surface area (Å²) in [7, 11) is 1.89. The lowest BCUT2D eigenvalue weighted by Gasteiger charge is -2.52. The van der Waals surface area contributed by atoms with E-state index >= 15 is 0 Å². The second kappa shape index (κ2) is 13.3. The van der Waals surface area contributed by atoms with E-state index in [1.54, 1.807) is 0 Å². The van der Waals surface area contributed by atoms with Crippen molar-refractivity contribution in [2.75, 3.05) is 13.6 Å². The van der Waals surface area contributed by atoms with E-state index in [1.807, 2.05) is 66.5 Å². The Labute approximate surface area is 280 Å². The number of carbonyl (C=O) groups is 3. The first-order chi connectivity index (χ1) is 22.5. The van der Waals surface area contributed by atoms with Crippen molar-refractivity contribution in [3.8, 4) is 11.1 Å². The third-order valence-electron chi connectivity index (χ3n) is 11.6. The van der Waals surface area contributed by atoms with Crippen molar-refractivity contribution in [3.05, 3.63) is 95.6 Å². The van der Waals surface area contributed by atoms with Crippen LogP contribution in [0.25, 0.3) is 11.1 Å². The smallest absolute Gasteiger partial charge is 0.251 e. The number of nitrogens with one attached hydrogen (secondary N) is 2. The maximum atomic E-state index is 14.1. The van der Waals surface area contributed by atoms with Crippen LogP contribution in [0.3, 0.4) is 0 Å². The number of hydrogen-bond donors (Lipinski definition) is 2. The second-order valence-corrected chi connectivity index (χ2v) is 15.5. The van der Waals surface area contributed by atoms with Crippen LogP contribution in [-0.4, -0.2) is 42.3 Å². The summed E-state index contributed by atoms with van der Waals surface area (Å²) in [6.45, 7) is 7.22. The normalized spacial score (nSPS) is 23.2. The Bertz CT molecular complexity index is 1560. The van der Waals surface area contributed by atoms with Gasteiger partial charge in [0.2, 0.25) is 11.8 Å². The monoisotopic (exact) mass is 633 g/mol. The van der Waals surface area contributed by atoms with Gasteiger partial charge in [0, 0.05) is 30.6 Å². The predicted molar refractivity (Wildman–Crippen MR) is 188 cm³/mol. The van der Waals surface area contributed by atoms with Crippen molar-refractivity contribution in [2.45, 2.75) is 102 Å². The highest BCUT2D eigenvalue weighted by atomic mass is 16.2. The molecule has 1 atom stereocenters. The number of nitrogens with zero attached hydrogens (tertiary/aromatic N) is 1. The van der Waals surface area contributed by atoms with Crippen LogP contribution in [-0.2, 0) is 15.0 Å². The first-order valence-electron chi connectivity index (χ1n) is 17.6. The van der Waals surface area contributed by atoms with E-state index < -0.39 is 11.5 Å². The van der Waals surface area contributed by atoms with E-state index in [0.717, 1.165) is 80.9 Å². The molecule has 0 unspecified atom stereocenters. The highest BCUT2D eigenvalue weighted by Crippen LogP contribution is 2.57. The molecule has 0 aromatic heterocycles. The number of rotatable bonds is 9. The second-order valence-electron chi connectivity index (χ2n) is 15.5. The van der Waals surface area contributed by atoms with Crippen molar-refractivity contribution in [1.82, 2.24) is 15.5 Å². The lowest BCUT2D eigenvalue weighted by molar-refractivity contribution is -0.145. The number of benzene rings is 3. The van der Waals surface area contributed by atoms with Gasteiger partial charge in [-0.1, -0.05) is 106 Å². The summed E-state index contributed by atoms with van der Waals surface area (Å²) in [5, 5.41) is 6.53. The predicted octanol–water partition coefficient (Wildman–Crippen LogP) is 7.98. The number of fused-ring (bicyclic) bond motifs is 3. The van der Waals surface area contributed by atoms with E-state index in [2.05, 4.69) is 55.7 Å². The fraction of sp³-hybridized carbons (Fsp3) is 0.488. The van der Waals surface area contributed by atoms with Gasteiger partial charge < -0.3 is 15.5 Å². The molecule has 4 fully saturated rings. The Morgan fingerprint density at radius 2 is 1.40 bits per heavy atom. The summed E-state index contributed by atoms with van der Waals surface area (Å²) in [5.74, 6) is -0.0733. The molecule has 6 heteroatoms. The molecule has 3 amide bonds. The molecule has 4 saturated carbocycles. The molecule has 7 rings (SSSR count). The van der Waals surface area contributed by atoms with Crippen molar-refractivity contribution < 1.29 is 14.4 Å². The highest BCUT2D eigenvalue weighted by Gasteiger charge is 2.53. The van der Waals surface area contributed by atoms with Crippen molar-refractivity contribution in [3.63, 3.8) is 0 Å². The van der Waals surface area contributed by atoms with Crippen LogP contribution >= 0.6 is 0 Å². The molecule has 4 aliphatic rings. The van der Waals surface area contributed by atoms with Crippen LogP contribution in [0.15, 0.2) is 78.9 Å². The van der Waals surface area contributed by atoms with E-state index in [1.165, 1.54) is 5.56 Å². The number of carbonyl (C=O) groups excluding carboxylic acids is 3. The molecule has 0 aliphatic heterocycles. The van der Waals surface area contributed by atoms with E-state index in [0.29, 0.717) is 12.1 Å². The molecular formula is C41H51N3O3. The molecule has 6 nitrogen and oxygen atoms in total. The molecule has 0 radical (unpaired) electrons. The van der Waals surface area contributed by atoms with Crippen LogP contribution < -0.4 is 10.6 Å². The molecule has 47 heavy (non-hydrogen) atoms. The van der Waals surface area contributed by atoms with E-state index in [4.69, 9.17) is 0 Å². The molecule has 3 aromatic carbocycles. The number of amides is 3. The van der Waals surface area contributed by atoms with E-state index in [9.17, 15) is 14.4 Å². The lowest BCUT2D eigenvalue weighted by atomic mass is 9.53. The number of likely N-dealkylation sites (N-methyl/N-ethyl adjacent to an activating group) is 1. The van der Waals surface area contributed by atoms with Crippen LogP contribution in [0.5, 0.6) is 0 Å². The van der Waals surface area contributed by atoms with Gasteiger partial charge in [-0.15, -0.1) is 0 Å². The van der Waals surface area contributed by atoms with Crippen LogP contribution in [0.4, 0.5) is 0 Å². The van der Waals surface area contributed by atoms with Crippen LogP contribution in [0.1, 0.15) is 113 Å². The van der Waals surface area contributed by atoms with Crippen molar-refractivity contribution in [2.24, 2.45) is 10.8 Å². The summed E-state index contributed by atoms with van der Waals surface area (Å²) in [6, 6.07) is 25.6. The molecule has 2 bridgehead atoms. The molecular weight excluding hydrogens is 582 g/mol. The average Bonchev–Trinajstić information content (AvgIpc) is 3.65. The largest absolute Gasteiger partial charge is 0.351 e. The van der Waals surface area contributed by atoms with Gasteiger partial charge in [0.1, 0.15) is 6.04 Å². The maximum Gasteiger partial charge on any atom is 0.251 e. The quantitative estimate of drug-likeness (QED) is 0.251. The molecule has 0 heterocycles. The third kappa shape index (κ3) is 6.88. The summed E-state index contributed by atoms with van der Waals surface area (Å²) < 4.78 is 0. The molecule has 248 valence electrons. The average molecular weight is 634 g/mol. The van der Waals surface area contributed by atoms with Crippen molar-refractivity contribution in [1.29, 1.82) is 0 Å². The SMILES string of the molecule is CN(C(=O)[C@@H](NC(=O)C12CCC(CNC(=O)c3ccccc3-c3ccc(C(C)(C)C)cc3)(CC1)CC2)c1ccccc1)C1CCCC1. The maximum absolute atomic E-state index is 14.1. The fourth-order valence-corrected chi connectivity index (χ4v) is 8.21. The Balaban J connectivity index is 1.10. The number of hydrogen-bond acceptors (Lipinski definition) is 3. The zero-order valence-electron chi connectivity index (χ0n) is 28.6. The zero-order chi connectivity index (χ0) is 33.2. The molecule has 4 aliphatic carbocycles. The van der Waals surface area contributed by atoms with Gasteiger partial charge >= 0.3 is 0 Å². The van der Waals surface area contributed by atoms with E-state index in [-0.39, 0.29) is 34.6 Å². The minimum atomic E-state index is -0.679. The summed E-state index contributed by atoms with van der Waals surface area (Å²) in [4.78, 5) is 43.3. The highest BCUT2D eigenvalue weighted by molar-refractivity contribution is 6.01. The van der Waals surface area contributed by atoms with Gasteiger partial charge in [-0.05, 0) is 90.5 Å². The van der Waals surface area contributed by atoms with Crippen LogP contribution in [0.2, 0.25) is 0 Å². The Hall–Kier alpha value is -3.93. The van der Waals surface area contributed by atoms with Gasteiger partial charge in [0.25, 0.3) is 5.91 Å². The summed E-state index contributed by atoms with van der Waals surface area (Å²) in [5.41, 5.74) is 4.37. The van der Waals surface area contributed by atoms with Gasteiger partial charge in [0.15, 0.2) is 0 Å². The third-order valence-corrected chi connectivity index (χ3v) is 11.6. The van der Waals surface area contributed by atoms with Crippen LogP contribution in [0, 0.1) is 10.8 Å². The van der Waals surface area contributed by atoms with Gasteiger partial charge in [-0.25, -0.2) is 0 Å². The first-order valence-corrected chi connectivity index (χ1v) is 17.6. The Morgan fingerprint density at radius 1 is 0.809 bits per heavy atom. The first kappa shape index (κ1) is 33.0. The van der Waals surface area contributed by atoms with Crippen molar-refractivity contribution >= 4 is 17.7 Å². The Morgan fingerprint density at radius 3 is 2.02 bits per heavy atom. The van der Waals surface area contributed by atoms with Gasteiger partial charge in [0.05, 0.1) is 0 Å². The topological polar surface area (TPSA) is 78.5 Å². The van der Waals surface area contributed by atoms with Gasteiger partial charge in [-0.2, -0.15) is 0 Å². The minimum absolute atomic E-state index is 0.00165. The summed E-state index contributed by atoms with van der Waals surface area (Å²) >= 11 is 0.